The molecule has 90 valence electrons. The Morgan fingerprint density at radius 2 is 1.78 bits per heavy atom. The van der Waals surface area contributed by atoms with Crippen LogP contribution in [0.1, 0.15) is 18.4 Å². The third kappa shape index (κ3) is 4.02. The maximum absolute atomic E-state index is 11.6. The van der Waals surface area contributed by atoms with Crippen LogP contribution in [0.4, 0.5) is 0 Å². The van der Waals surface area contributed by atoms with E-state index in [9.17, 15) is 4.79 Å². The molecule has 0 bridgehead atoms. The third-order valence-electron chi connectivity index (χ3n) is 2.70. The molecule has 18 heavy (non-hydrogen) atoms. The lowest BCUT2D eigenvalue weighted by Crippen LogP contribution is -1.87. The predicted molar refractivity (Wildman–Crippen MR) is 76.1 cm³/mol. The van der Waals surface area contributed by atoms with E-state index < -0.39 is 0 Å². The first-order valence-electron chi connectivity index (χ1n) is 6.16. The van der Waals surface area contributed by atoms with Crippen molar-refractivity contribution in [2.75, 3.05) is 0 Å². The van der Waals surface area contributed by atoms with Gasteiger partial charge in [-0.1, -0.05) is 60.7 Å². The van der Waals surface area contributed by atoms with Gasteiger partial charge in [-0.05, 0) is 36.1 Å². The minimum Gasteiger partial charge on any atom is -0.290 e. The molecule has 1 aliphatic rings. The molecule has 2 rings (SSSR count). The molecular weight excluding hydrogens is 220 g/mol. The van der Waals surface area contributed by atoms with Crippen molar-refractivity contribution in [1.29, 1.82) is 0 Å². The molecule has 1 aliphatic carbocycles. The first-order valence-corrected chi connectivity index (χ1v) is 6.16. The zero-order chi connectivity index (χ0) is 12.6. The smallest absolute Gasteiger partial charge is 0.178 e. The topological polar surface area (TPSA) is 17.1 Å². The number of rotatable bonds is 4. The number of hydrogen-bond donors (Lipinski definition) is 0. The molecule has 0 unspecified atom stereocenters. The summed E-state index contributed by atoms with van der Waals surface area (Å²) in [5.41, 5.74) is 2.15. The van der Waals surface area contributed by atoms with Crippen LogP contribution >= 0.6 is 0 Å². The van der Waals surface area contributed by atoms with Crippen LogP contribution in [-0.4, -0.2) is 5.78 Å². The zero-order valence-corrected chi connectivity index (χ0v) is 10.3. The van der Waals surface area contributed by atoms with Gasteiger partial charge >= 0.3 is 0 Å². The number of carbonyl (C=O) groups excluding carboxylic acids is 1. The highest BCUT2D eigenvalue weighted by molar-refractivity contribution is 6.02. The van der Waals surface area contributed by atoms with Gasteiger partial charge in [0.25, 0.3) is 0 Å². The van der Waals surface area contributed by atoms with Crippen molar-refractivity contribution in [3.05, 3.63) is 77.9 Å². The van der Waals surface area contributed by atoms with Crippen molar-refractivity contribution in [3.63, 3.8) is 0 Å². The molecular formula is C17H16O. The van der Waals surface area contributed by atoms with Crippen LogP contribution in [0.3, 0.4) is 0 Å². The summed E-state index contributed by atoms with van der Waals surface area (Å²) in [6.45, 7) is 0. The highest BCUT2D eigenvalue weighted by Crippen LogP contribution is 2.10. The summed E-state index contributed by atoms with van der Waals surface area (Å²) in [5.74, 6) is 0.0127. The maximum atomic E-state index is 11.6. The van der Waals surface area contributed by atoms with E-state index in [4.69, 9.17) is 0 Å². The van der Waals surface area contributed by atoms with Crippen molar-refractivity contribution in [2.24, 2.45) is 0 Å². The molecule has 1 nitrogen and oxygen atoms in total. The van der Waals surface area contributed by atoms with Crippen molar-refractivity contribution >= 4 is 11.9 Å². The Hall–Kier alpha value is -2.15. The SMILES string of the molecule is O=C(/C=C/C1=CCCC=C1)/C=C/c1ccccc1. The lowest BCUT2D eigenvalue weighted by molar-refractivity contribution is -0.110. The second-order valence-electron chi connectivity index (χ2n) is 4.16. The Balaban J connectivity index is 1.93. The molecule has 0 saturated carbocycles. The van der Waals surface area contributed by atoms with Crippen LogP contribution in [-0.2, 0) is 4.79 Å². The van der Waals surface area contributed by atoms with Crippen LogP contribution in [0.25, 0.3) is 6.08 Å². The number of allylic oxidation sites excluding steroid dienone is 7. The number of benzene rings is 1. The molecule has 0 spiro atoms. The van der Waals surface area contributed by atoms with Gasteiger partial charge in [-0.3, -0.25) is 4.79 Å². The summed E-state index contributed by atoms with van der Waals surface area (Å²) in [4.78, 5) is 11.6. The van der Waals surface area contributed by atoms with E-state index in [1.165, 1.54) is 0 Å². The fraction of sp³-hybridized carbons (Fsp3) is 0.118. The van der Waals surface area contributed by atoms with Gasteiger partial charge in [-0.15, -0.1) is 0 Å². The van der Waals surface area contributed by atoms with E-state index in [2.05, 4.69) is 12.2 Å². The van der Waals surface area contributed by atoms with Crippen LogP contribution in [0, 0.1) is 0 Å². The average molecular weight is 236 g/mol. The van der Waals surface area contributed by atoms with Crippen LogP contribution in [0.2, 0.25) is 0 Å². The Morgan fingerprint density at radius 1 is 1.00 bits per heavy atom. The van der Waals surface area contributed by atoms with Crippen LogP contribution < -0.4 is 0 Å². The Labute approximate surface area is 108 Å². The first kappa shape index (κ1) is 12.3. The largest absolute Gasteiger partial charge is 0.290 e. The molecule has 0 amide bonds. The first-order chi connectivity index (χ1) is 8.84. The molecule has 1 aromatic rings. The molecule has 0 aromatic heterocycles. The van der Waals surface area contributed by atoms with E-state index in [1.54, 1.807) is 12.2 Å². The summed E-state index contributed by atoms with van der Waals surface area (Å²) >= 11 is 0. The molecule has 0 N–H and O–H groups in total. The lowest BCUT2D eigenvalue weighted by atomic mass is 10.1. The van der Waals surface area contributed by atoms with Crippen molar-refractivity contribution < 1.29 is 4.79 Å². The summed E-state index contributed by atoms with van der Waals surface area (Å²) in [6, 6.07) is 9.82. The lowest BCUT2D eigenvalue weighted by Gasteiger charge is -1.99. The molecule has 0 atom stereocenters. The molecule has 0 radical (unpaired) electrons. The van der Waals surface area contributed by atoms with E-state index in [-0.39, 0.29) is 5.78 Å². The minimum absolute atomic E-state index is 0.0127. The van der Waals surface area contributed by atoms with Gasteiger partial charge in [0.15, 0.2) is 5.78 Å². The van der Waals surface area contributed by atoms with Gasteiger partial charge in [0.1, 0.15) is 0 Å². The molecule has 1 heteroatoms. The van der Waals surface area contributed by atoms with E-state index >= 15 is 0 Å². The molecule has 0 fully saturated rings. The van der Waals surface area contributed by atoms with Crippen molar-refractivity contribution in [2.45, 2.75) is 12.8 Å². The Kier molecular flexibility index (Phi) is 4.48. The van der Waals surface area contributed by atoms with Gasteiger partial charge in [0, 0.05) is 0 Å². The predicted octanol–water partition coefficient (Wildman–Crippen LogP) is 4.10. The highest BCUT2D eigenvalue weighted by atomic mass is 16.1. The summed E-state index contributed by atoms with van der Waals surface area (Å²) in [6.07, 6.45) is 15.4. The number of ketones is 1. The highest BCUT2D eigenvalue weighted by Gasteiger charge is 1.94. The average Bonchev–Trinajstić information content (AvgIpc) is 2.45. The monoisotopic (exact) mass is 236 g/mol. The summed E-state index contributed by atoms with van der Waals surface area (Å²) in [7, 11) is 0. The van der Waals surface area contributed by atoms with Gasteiger partial charge < -0.3 is 0 Å². The normalized spacial score (nSPS) is 15.2. The number of hydrogen-bond acceptors (Lipinski definition) is 1. The molecule has 0 heterocycles. The van der Waals surface area contributed by atoms with E-state index in [0.717, 1.165) is 24.0 Å². The Morgan fingerprint density at radius 3 is 2.50 bits per heavy atom. The van der Waals surface area contributed by atoms with Crippen LogP contribution in [0.5, 0.6) is 0 Å². The van der Waals surface area contributed by atoms with Gasteiger partial charge in [0.2, 0.25) is 0 Å². The standard InChI is InChI=1S/C17H16O/c18-17(13-11-15-7-3-1-4-8-15)14-12-16-9-5-2-6-10-16/h1,3-5,7-14H,2,6H2/b13-11+,14-12+. The van der Waals surface area contributed by atoms with Crippen molar-refractivity contribution in [1.82, 2.24) is 0 Å². The number of carbonyl (C=O) groups is 1. The van der Waals surface area contributed by atoms with Crippen LogP contribution in [0.15, 0.2) is 72.4 Å². The molecule has 0 aliphatic heterocycles. The zero-order valence-electron chi connectivity index (χ0n) is 10.3. The minimum atomic E-state index is 0.0127. The van der Waals surface area contributed by atoms with E-state index in [1.807, 2.05) is 48.6 Å². The van der Waals surface area contributed by atoms with Gasteiger partial charge in [-0.25, -0.2) is 0 Å². The third-order valence-corrected chi connectivity index (χ3v) is 2.70. The molecule has 0 saturated heterocycles. The molecule has 1 aromatic carbocycles. The quantitative estimate of drug-likeness (QED) is 0.719. The summed E-state index contributed by atoms with van der Waals surface area (Å²) in [5, 5.41) is 0. The van der Waals surface area contributed by atoms with Gasteiger partial charge in [-0.2, -0.15) is 0 Å². The fourth-order valence-electron chi connectivity index (χ4n) is 1.73. The Bertz CT molecular complexity index is 516. The van der Waals surface area contributed by atoms with Gasteiger partial charge in [0.05, 0.1) is 0 Å². The fourth-order valence-corrected chi connectivity index (χ4v) is 1.73. The van der Waals surface area contributed by atoms with E-state index in [0.29, 0.717) is 0 Å². The second kappa shape index (κ2) is 6.55. The maximum Gasteiger partial charge on any atom is 0.178 e. The summed E-state index contributed by atoms with van der Waals surface area (Å²) < 4.78 is 0. The second-order valence-corrected chi connectivity index (χ2v) is 4.16. The van der Waals surface area contributed by atoms with Crippen molar-refractivity contribution in [3.8, 4) is 0 Å².